The van der Waals surface area contributed by atoms with Crippen molar-refractivity contribution in [2.24, 2.45) is 0 Å². The van der Waals surface area contributed by atoms with Crippen molar-refractivity contribution in [2.75, 3.05) is 13.7 Å². The van der Waals surface area contributed by atoms with Gasteiger partial charge < -0.3 is 15.2 Å². The quantitative estimate of drug-likeness (QED) is 0.714. The lowest BCUT2D eigenvalue weighted by atomic mass is 10.0. The number of carbonyl (C=O) groups excluding carboxylic acids is 1. The monoisotopic (exact) mass is 283 g/mol. The van der Waals surface area contributed by atoms with Gasteiger partial charge in [-0.2, -0.15) is 0 Å². The zero-order valence-corrected chi connectivity index (χ0v) is 11.3. The van der Waals surface area contributed by atoms with Crippen molar-refractivity contribution >= 4 is 11.9 Å². The summed E-state index contributed by atoms with van der Waals surface area (Å²) in [7, 11) is 1.55. The third-order valence-corrected chi connectivity index (χ3v) is 2.74. The van der Waals surface area contributed by atoms with Crippen molar-refractivity contribution in [1.29, 1.82) is 0 Å². The van der Waals surface area contributed by atoms with Crippen LogP contribution >= 0.6 is 0 Å². The summed E-state index contributed by atoms with van der Waals surface area (Å²) in [6.07, 6.45) is 0.568. The van der Waals surface area contributed by atoms with Gasteiger partial charge >= 0.3 is 5.97 Å². The molecule has 0 aliphatic rings. The van der Waals surface area contributed by atoms with Crippen LogP contribution in [0.2, 0.25) is 0 Å². The molecule has 5 nitrogen and oxygen atoms in total. The van der Waals surface area contributed by atoms with Crippen LogP contribution in [0.4, 0.5) is 4.39 Å². The molecule has 2 N–H and O–H groups in total. The van der Waals surface area contributed by atoms with Crippen LogP contribution in [0.25, 0.3) is 0 Å². The molecule has 1 amide bonds. The smallest absolute Gasteiger partial charge is 0.305 e. The molecule has 1 unspecified atom stereocenters. The number of carboxylic acids is 1. The Bertz CT molecular complexity index is 447. The number of carbonyl (C=O) groups is 2. The first-order valence-corrected chi connectivity index (χ1v) is 6.28. The predicted octanol–water partition coefficient (Wildman–Crippen LogP) is 1.88. The Morgan fingerprint density at radius 3 is 2.55 bits per heavy atom. The molecular weight excluding hydrogens is 265 g/mol. The summed E-state index contributed by atoms with van der Waals surface area (Å²) in [6, 6.07) is 4.75. The highest BCUT2D eigenvalue weighted by Crippen LogP contribution is 2.17. The van der Waals surface area contributed by atoms with Crippen molar-refractivity contribution in [1.82, 2.24) is 5.32 Å². The lowest BCUT2D eigenvalue weighted by molar-refractivity contribution is -0.137. The van der Waals surface area contributed by atoms with E-state index in [1.165, 1.54) is 24.3 Å². The maximum atomic E-state index is 12.9. The molecule has 0 fully saturated rings. The van der Waals surface area contributed by atoms with E-state index in [4.69, 9.17) is 9.84 Å². The second-order valence-electron chi connectivity index (χ2n) is 4.37. The third-order valence-electron chi connectivity index (χ3n) is 2.74. The van der Waals surface area contributed by atoms with Crippen LogP contribution in [0, 0.1) is 5.82 Å². The third kappa shape index (κ3) is 5.79. The molecular formula is C14H18FNO4. The molecule has 6 heteroatoms. The first-order chi connectivity index (χ1) is 9.52. The van der Waals surface area contributed by atoms with Gasteiger partial charge in [0.1, 0.15) is 5.82 Å². The van der Waals surface area contributed by atoms with E-state index in [2.05, 4.69) is 5.32 Å². The molecule has 0 spiro atoms. The maximum absolute atomic E-state index is 12.9. The van der Waals surface area contributed by atoms with Crippen LogP contribution in [-0.2, 0) is 14.3 Å². The van der Waals surface area contributed by atoms with E-state index in [9.17, 15) is 14.0 Å². The lowest BCUT2D eigenvalue weighted by Crippen LogP contribution is -2.30. The average Bonchev–Trinajstić information content (AvgIpc) is 2.38. The molecule has 0 saturated heterocycles. The highest BCUT2D eigenvalue weighted by Gasteiger charge is 2.17. The number of aliphatic carboxylic acids is 1. The Morgan fingerprint density at radius 1 is 1.35 bits per heavy atom. The van der Waals surface area contributed by atoms with Crippen LogP contribution in [0.5, 0.6) is 0 Å². The van der Waals surface area contributed by atoms with Crippen LogP contribution in [-0.4, -0.2) is 30.7 Å². The van der Waals surface area contributed by atoms with Gasteiger partial charge in [0.05, 0.1) is 12.5 Å². The van der Waals surface area contributed by atoms with Gasteiger partial charge in [0.25, 0.3) is 0 Å². The van der Waals surface area contributed by atoms with E-state index in [1.54, 1.807) is 7.11 Å². The molecule has 0 saturated carbocycles. The van der Waals surface area contributed by atoms with E-state index in [0.717, 1.165) is 0 Å². The Hall–Kier alpha value is -1.95. The fraction of sp³-hybridized carbons (Fsp3) is 0.429. The van der Waals surface area contributed by atoms with Crippen LogP contribution in [0.3, 0.4) is 0 Å². The SMILES string of the molecule is COCCCC(=O)NC(CC(=O)O)c1ccc(F)cc1. The Balaban J connectivity index is 2.67. The molecule has 1 atom stereocenters. The first kappa shape index (κ1) is 16.1. The van der Waals surface area contributed by atoms with E-state index < -0.39 is 17.8 Å². The minimum Gasteiger partial charge on any atom is -0.481 e. The number of methoxy groups -OCH3 is 1. The Kier molecular flexibility index (Phi) is 6.66. The largest absolute Gasteiger partial charge is 0.481 e. The molecule has 0 radical (unpaired) electrons. The maximum Gasteiger partial charge on any atom is 0.305 e. The number of benzene rings is 1. The standard InChI is InChI=1S/C14H18FNO4/c1-20-8-2-3-13(17)16-12(9-14(18)19)10-4-6-11(15)7-5-10/h4-7,12H,2-3,8-9H2,1H3,(H,16,17)(H,18,19). The molecule has 0 bridgehead atoms. The Morgan fingerprint density at radius 2 is 2.00 bits per heavy atom. The summed E-state index contributed by atoms with van der Waals surface area (Å²) in [5.41, 5.74) is 0.564. The van der Waals surface area contributed by atoms with Gasteiger partial charge in [-0.25, -0.2) is 4.39 Å². The molecule has 1 aromatic rings. The second kappa shape index (κ2) is 8.27. The summed E-state index contributed by atoms with van der Waals surface area (Å²) in [4.78, 5) is 22.6. The summed E-state index contributed by atoms with van der Waals surface area (Å²) < 4.78 is 17.7. The zero-order valence-electron chi connectivity index (χ0n) is 11.3. The Labute approximate surface area is 116 Å². The van der Waals surface area contributed by atoms with E-state index >= 15 is 0 Å². The summed E-state index contributed by atoms with van der Waals surface area (Å²) >= 11 is 0. The molecule has 0 aromatic heterocycles. The van der Waals surface area contributed by atoms with Crippen molar-refractivity contribution in [3.63, 3.8) is 0 Å². The van der Waals surface area contributed by atoms with Crippen LogP contribution in [0.15, 0.2) is 24.3 Å². The van der Waals surface area contributed by atoms with Gasteiger partial charge in [0.15, 0.2) is 0 Å². The summed E-state index contributed by atoms with van der Waals surface area (Å²) in [5, 5.41) is 11.5. The number of rotatable bonds is 8. The fourth-order valence-electron chi connectivity index (χ4n) is 1.77. The van der Waals surface area contributed by atoms with Gasteiger partial charge in [-0.1, -0.05) is 12.1 Å². The molecule has 0 heterocycles. The number of hydrogen-bond donors (Lipinski definition) is 2. The number of amides is 1. The molecule has 20 heavy (non-hydrogen) atoms. The molecule has 1 aromatic carbocycles. The van der Waals surface area contributed by atoms with Gasteiger partial charge in [0, 0.05) is 20.1 Å². The highest BCUT2D eigenvalue weighted by atomic mass is 19.1. The van der Waals surface area contributed by atoms with E-state index in [1.807, 2.05) is 0 Å². The number of hydrogen-bond acceptors (Lipinski definition) is 3. The lowest BCUT2D eigenvalue weighted by Gasteiger charge is -2.17. The summed E-state index contributed by atoms with van der Waals surface area (Å²) in [6.45, 7) is 0.466. The number of nitrogens with one attached hydrogen (secondary N) is 1. The average molecular weight is 283 g/mol. The summed E-state index contributed by atoms with van der Waals surface area (Å²) in [5.74, 6) is -1.69. The van der Waals surface area contributed by atoms with Gasteiger partial charge in [-0.05, 0) is 24.1 Å². The number of ether oxygens (including phenoxy) is 1. The fourth-order valence-corrected chi connectivity index (χ4v) is 1.77. The topological polar surface area (TPSA) is 75.6 Å². The van der Waals surface area contributed by atoms with E-state index in [-0.39, 0.29) is 18.7 Å². The predicted molar refractivity (Wildman–Crippen MR) is 70.6 cm³/mol. The number of carboxylic acid groups (broad SMARTS) is 1. The first-order valence-electron chi connectivity index (χ1n) is 6.28. The van der Waals surface area contributed by atoms with Crippen molar-refractivity contribution in [3.8, 4) is 0 Å². The molecule has 0 aliphatic carbocycles. The van der Waals surface area contributed by atoms with Crippen molar-refractivity contribution < 1.29 is 23.8 Å². The van der Waals surface area contributed by atoms with Crippen LogP contribution in [0.1, 0.15) is 30.9 Å². The normalized spacial score (nSPS) is 11.9. The minimum atomic E-state index is -1.03. The minimum absolute atomic E-state index is 0.248. The molecule has 1 rings (SSSR count). The van der Waals surface area contributed by atoms with Gasteiger partial charge in [-0.15, -0.1) is 0 Å². The molecule has 110 valence electrons. The van der Waals surface area contributed by atoms with E-state index in [0.29, 0.717) is 18.6 Å². The van der Waals surface area contributed by atoms with Gasteiger partial charge in [0.2, 0.25) is 5.91 Å². The van der Waals surface area contributed by atoms with Crippen molar-refractivity contribution in [2.45, 2.75) is 25.3 Å². The molecule has 0 aliphatic heterocycles. The number of halogens is 1. The second-order valence-corrected chi connectivity index (χ2v) is 4.37. The van der Waals surface area contributed by atoms with Gasteiger partial charge in [-0.3, -0.25) is 9.59 Å². The van der Waals surface area contributed by atoms with Crippen molar-refractivity contribution in [3.05, 3.63) is 35.6 Å². The van der Waals surface area contributed by atoms with Crippen LogP contribution < -0.4 is 5.32 Å². The zero-order chi connectivity index (χ0) is 15.0. The highest BCUT2D eigenvalue weighted by molar-refractivity contribution is 5.77.